The van der Waals surface area contributed by atoms with Gasteiger partial charge in [0.25, 0.3) is 5.91 Å². The smallest absolute Gasteiger partial charge is 0.270 e. The van der Waals surface area contributed by atoms with Gasteiger partial charge in [-0.3, -0.25) is 9.78 Å². The van der Waals surface area contributed by atoms with E-state index < -0.39 is 0 Å². The number of carbonyl (C=O) groups is 1. The summed E-state index contributed by atoms with van der Waals surface area (Å²) in [4.78, 5) is 16.7. The Balaban J connectivity index is 1.48. The molecule has 2 aromatic heterocycles. The standard InChI is InChI=1S/C19H18N4O/c24-19(18-13-15(9-11-20-18)23-12-4-10-21-23)22-17-8-7-16(17)14-5-2-1-3-6-14/h1-6,9-13,16-17H,7-8H2,(H,22,24)/t16-,17+/m0/s1. The van der Waals surface area contributed by atoms with E-state index in [1.807, 2.05) is 36.5 Å². The zero-order chi connectivity index (χ0) is 16.4. The SMILES string of the molecule is O=C(N[C@@H]1CC[C@H]1c1ccccc1)c1cc(-n2cccn2)ccn1. The lowest BCUT2D eigenvalue weighted by Crippen LogP contribution is -2.45. The van der Waals surface area contributed by atoms with E-state index in [2.05, 4.69) is 27.5 Å². The van der Waals surface area contributed by atoms with Gasteiger partial charge in [-0.05, 0) is 36.6 Å². The summed E-state index contributed by atoms with van der Waals surface area (Å²) in [5.41, 5.74) is 2.53. The van der Waals surface area contributed by atoms with Gasteiger partial charge in [-0.25, -0.2) is 4.68 Å². The van der Waals surface area contributed by atoms with Crippen LogP contribution in [0.15, 0.2) is 67.1 Å². The van der Waals surface area contributed by atoms with E-state index in [4.69, 9.17) is 0 Å². The normalized spacial score (nSPS) is 19.5. The molecule has 24 heavy (non-hydrogen) atoms. The van der Waals surface area contributed by atoms with Crippen LogP contribution in [0.1, 0.15) is 34.8 Å². The maximum absolute atomic E-state index is 12.5. The van der Waals surface area contributed by atoms with Crippen molar-refractivity contribution in [2.75, 3.05) is 0 Å². The van der Waals surface area contributed by atoms with Crippen LogP contribution < -0.4 is 5.32 Å². The van der Waals surface area contributed by atoms with Crippen LogP contribution in [0.4, 0.5) is 0 Å². The van der Waals surface area contributed by atoms with E-state index in [0.29, 0.717) is 11.6 Å². The summed E-state index contributed by atoms with van der Waals surface area (Å²) in [7, 11) is 0. The van der Waals surface area contributed by atoms with Crippen LogP contribution in [0, 0.1) is 0 Å². The van der Waals surface area contributed by atoms with Crippen LogP contribution in [-0.4, -0.2) is 26.7 Å². The van der Waals surface area contributed by atoms with E-state index in [1.165, 1.54) is 5.56 Å². The van der Waals surface area contributed by atoms with E-state index in [9.17, 15) is 4.79 Å². The van der Waals surface area contributed by atoms with Gasteiger partial charge in [0.15, 0.2) is 0 Å². The molecule has 120 valence electrons. The lowest BCUT2D eigenvalue weighted by Gasteiger charge is -2.37. The monoisotopic (exact) mass is 318 g/mol. The number of hydrogen-bond acceptors (Lipinski definition) is 3. The predicted octanol–water partition coefficient (Wildman–Crippen LogP) is 2.94. The zero-order valence-electron chi connectivity index (χ0n) is 13.2. The van der Waals surface area contributed by atoms with E-state index >= 15 is 0 Å². The van der Waals surface area contributed by atoms with Gasteiger partial charge in [-0.2, -0.15) is 5.10 Å². The molecule has 0 radical (unpaired) electrons. The average molecular weight is 318 g/mol. The number of nitrogens with zero attached hydrogens (tertiary/aromatic N) is 3. The molecule has 4 rings (SSSR count). The van der Waals surface area contributed by atoms with Crippen LogP contribution in [0.2, 0.25) is 0 Å². The molecule has 0 spiro atoms. The van der Waals surface area contributed by atoms with Crippen LogP contribution in [0.5, 0.6) is 0 Å². The molecule has 1 aliphatic rings. The Kier molecular flexibility index (Phi) is 3.83. The van der Waals surface area contributed by atoms with Gasteiger partial charge in [0.05, 0.1) is 5.69 Å². The minimum absolute atomic E-state index is 0.130. The maximum atomic E-state index is 12.5. The van der Waals surface area contributed by atoms with E-state index in [0.717, 1.165) is 18.5 Å². The van der Waals surface area contributed by atoms with Crippen molar-refractivity contribution < 1.29 is 4.79 Å². The number of nitrogens with one attached hydrogen (secondary N) is 1. The van der Waals surface area contributed by atoms with Gasteiger partial charge in [0, 0.05) is 30.6 Å². The Labute approximate surface area is 140 Å². The maximum Gasteiger partial charge on any atom is 0.270 e. The quantitative estimate of drug-likeness (QED) is 0.804. The Bertz CT molecular complexity index is 830. The molecule has 0 aliphatic heterocycles. The van der Waals surface area contributed by atoms with E-state index in [-0.39, 0.29) is 11.9 Å². The van der Waals surface area contributed by atoms with Crippen LogP contribution in [0.25, 0.3) is 5.69 Å². The largest absolute Gasteiger partial charge is 0.347 e. The summed E-state index contributed by atoms with van der Waals surface area (Å²) in [6.45, 7) is 0. The van der Waals surface area contributed by atoms with Crippen molar-refractivity contribution in [1.29, 1.82) is 0 Å². The molecule has 0 bridgehead atoms. The van der Waals surface area contributed by atoms with Crippen molar-refractivity contribution in [2.24, 2.45) is 0 Å². The first-order valence-corrected chi connectivity index (χ1v) is 8.13. The molecule has 1 aliphatic carbocycles. The molecule has 1 amide bonds. The summed E-state index contributed by atoms with van der Waals surface area (Å²) in [6, 6.07) is 16.0. The Morgan fingerprint density at radius 3 is 2.67 bits per heavy atom. The topological polar surface area (TPSA) is 59.8 Å². The number of pyridine rings is 1. The molecular formula is C19H18N4O. The third-order valence-electron chi connectivity index (χ3n) is 4.56. The highest BCUT2D eigenvalue weighted by Gasteiger charge is 2.33. The predicted molar refractivity (Wildman–Crippen MR) is 91.0 cm³/mol. The zero-order valence-corrected chi connectivity index (χ0v) is 13.2. The van der Waals surface area contributed by atoms with Crippen molar-refractivity contribution in [1.82, 2.24) is 20.1 Å². The molecule has 1 aromatic carbocycles. The van der Waals surface area contributed by atoms with Crippen molar-refractivity contribution in [3.63, 3.8) is 0 Å². The highest BCUT2D eigenvalue weighted by molar-refractivity contribution is 5.93. The molecule has 0 saturated heterocycles. The summed E-state index contributed by atoms with van der Waals surface area (Å²) in [5, 5.41) is 7.31. The van der Waals surface area contributed by atoms with Crippen LogP contribution in [0.3, 0.4) is 0 Å². The first-order valence-electron chi connectivity index (χ1n) is 8.13. The average Bonchev–Trinajstić information content (AvgIpc) is 3.14. The molecule has 1 fully saturated rings. The highest BCUT2D eigenvalue weighted by atomic mass is 16.1. The lowest BCUT2D eigenvalue weighted by atomic mass is 9.75. The molecule has 3 aromatic rings. The number of benzene rings is 1. The molecule has 1 saturated carbocycles. The second-order valence-corrected chi connectivity index (χ2v) is 6.02. The third-order valence-corrected chi connectivity index (χ3v) is 4.56. The number of amides is 1. The minimum Gasteiger partial charge on any atom is -0.347 e. The van der Waals surface area contributed by atoms with Gasteiger partial charge >= 0.3 is 0 Å². The fraction of sp³-hybridized carbons (Fsp3) is 0.211. The fourth-order valence-corrected chi connectivity index (χ4v) is 3.12. The first-order chi connectivity index (χ1) is 11.8. The third kappa shape index (κ3) is 2.80. The summed E-state index contributed by atoms with van der Waals surface area (Å²) < 4.78 is 1.72. The van der Waals surface area contributed by atoms with Gasteiger partial charge in [0.1, 0.15) is 5.69 Å². The molecule has 2 atom stereocenters. The molecular weight excluding hydrogens is 300 g/mol. The lowest BCUT2D eigenvalue weighted by molar-refractivity contribution is 0.0899. The summed E-state index contributed by atoms with van der Waals surface area (Å²) >= 11 is 0. The second-order valence-electron chi connectivity index (χ2n) is 6.02. The Morgan fingerprint density at radius 1 is 1.08 bits per heavy atom. The van der Waals surface area contributed by atoms with Crippen LogP contribution in [-0.2, 0) is 0 Å². The van der Waals surface area contributed by atoms with Crippen molar-refractivity contribution in [3.05, 3.63) is 78.4 Å². The summed E-state index contributed by atoms with van der Waals surface area (Å²) in [5.74, 6) is 0.263. The molecule has 1 N–H and O–H groups in total. The summed E-state index contributed by atoms with van der Waals surface area (Å²) in [6.07, 6.45) is 7.30. The first kappa shape index (κ1) is 14.6. The number of hydrogen-bond donors (Lipinski definition) is 1. The Morgan fingerprint density at radius 2 is 1.96 bits per heavy atom. The van der Waals surface area contributed by atoms with Crippen molar-refractivity contribution in [2.45, 2.75) is 24.8 Å². The minimum atomic E-state index is -0.130. The fourth-order valence-electron chi connectivity index (χ4n) is 3.12. The van der Waals surface area contributed by atoms with E-state index in [1.54, 1.807) is 23.1 Å². The van der Waals surface area contributed by atoms with Crippen LogP contribution >= 0.6 is 0 Å². The van der Waals surface area contributed by atoms with Gasteiger partial charge in [-0.15, -0.1) is 0 Å². The molecule has 5 heteroatoms. The Hall–Kier alpha value is -2.95. The number of aromatic nitrogens is 3. The molecule has 5 nitrogen and oxygen atoms in total. The highest BCUT2D eigenvalue weighted by Crippen LogP contribution is 2.36. The van der Waals surface area contributed by atoms with Gasteiger partial charge < -0.3 is 5.32 Å². The second kappa shape index (κ2) is 6.28. The van der Waals surface area contributed by atoms with Crippen molar-refractivity contribution >= 4 is 5.91 Å². The molecule has 0 unspecified atom stereocenters. The van der Waals surface area contributed by atoms with Crippen molar-refractivity contribution in [3.8, 4) is 5.69 Å². The molecule has 2 heterocycles. The number of carbonyl (C=O) groups excluding carboxylic acids is 1. The number of rotatable bonds is 4. The van der Waals surface area contributed by atoms with Gasteiger partial charge in [-0.1, -0.05) is 30.3 Å². The van der Waals surface area contributed by atoms with Gasteiger partial charge in [0.2, 0.25) is 0 Å².